The molecule has 0 fully saturated rings. The number of nitrogens with zero attached hydrogens (tertiary/aromatic N) is 3. The molecule has 3 aromatic rings. The number of fused-ring (bicyclic) bond motifs is 1. The maximum atomic E-state index is 13.6. The van der Waals surface area contributed by atoms with Crippen LogP contribution in [-0.4, -0.2) is 21.0 Å². The van der Waals surface area contributed by atoms with Gasteiger partial charge < -0.3 is 4.74 Å². The lowest BCUT2D eigenvalue weighted by Crippen LogP contribution is -2.26. The highest BCUT2D eigenvalue weighted by Gasteiger charge is 2.15. The summed E-state index contributed by atoms with van der Waals surface area (Å²) in [4.78, 5) is 24.1. The molecular formula is C15H9ClFN3O3. The Morgan fingerprint density at radius 3 is 2.87 bits per heavy atom. The Hall–Kier alpha value is -2.80. The molecule has 8 heteroatoms. The van der Waals surface area contributed by atoms with Gasteiger partial charge in [0.2, 0.25) is 0 Å². The van der Waals surface area contributed by atoms with E-state index in [4.69, 9.17) is 16.3 Å². The second-order valence-electron chi connectivity index (χ2n) is 4.60. The number of ether oxygens (including phenoxy) is 1. The molecule has 0 aliphatic heterocycles. The highest BCUT2D eigenvalue weighted by Crippen LogP contribution is 2.15. The van der Waals surface area contributed by atoms with Crippen LogP contribution in [0.5, 0.6) is 0 Å². The van der Waals surface area contributed by atoms with E-state index in [0.29, 0.717) is 10.9 Å². The summed E-state index contributed by atoms with van der Waals surface area (Å²) in [5.41, 5.74) is -0.352. The van der Waals surface area contributed by atoms with Crippen LogP contribution in [0.2, 0.25) is 5.02 Å². The van der Waals surface area contributed by atoms with Gasteiger partial charge >= 0.3 is 5.97 Å². The average Bonchev–Trinajstić information content (AvgIpc) is 2.56. The standard InChI is InChI=1S/C15H9ClFN3O3/c16-9-5-6-12(17)11(7-9)15(22)23-8-20-14(21)10-3-1-2-4-13(10)18-19-20/h1-7H,8H2. The third-order valence-electron chi connectivity index (χ3n) is 3.10. The molecule has 3 rings (SSSR count). The summed E-state index contributed by atoms with van der Waals surface area (Å²) in [5.74, 6) is -1.72. The first-order valence-electron chi connectivity index (χ1n) is 6.51. The molecule has 6 nitrogen and oxygen atoms in total. The van der Waals surface area contributed by atoms with Crippen molar-refractivity contribution in [2.45, 2.75) is 6.73 Å². The van der Waals surface area contributed by atoms with Gasteiger partial charge in [0.25, 0.3) is 5.56 Å². The zero-order valence-electron chi connectivity index (χ0n) is 11.6. The van der Waals surface area contributed by atoms with Crippen LogP contribution in [0.25, 0.3) is 10.9 Å². The van der Waals surface area contributed by atoms with Crippen molar-refractivity contribution in [2.75, 3.05) is 0 Å². The maximum Gasteiger partial charge on any atom is 0.342 e. The van der Waals surface area contributed by atoms with Crippen LogP contribution < -0.4 is 5.56 Å². The van der Waals surface area contributed by atoms with E-state index in [1.165, 1.54) is 6.07 Å². The fourth-order valence-electron chi connectivity index (χ4n) is 1.96. The van der Waals surface area contributed by atoms with E-state index in [2.05, 4.69) is 10.3 Å². The van der Waals surface area contributed by atoms with Crippen molar-refractivity contribution in [3.8, 4) is 0 Å². The summed E-state index contributed by atoms with van der Waals surface area (Å²) in [6.45, 7) is -0.485. The Morgan fingerprint density at radius 2 is 2.04 bits per heavy atom. The number of carbonyl (C=O) groups excluding carboxylic acids is 1. The molecule has 116 valence electrons. The van der Waals surface area contributed by atoms with E-state index in [-0.39, 0.29) is 10.6 Å². The normalized spacial score (nSPS) is 10.7. The van der Waals surface area contributed by atoms with Crippen LogP contribution in [-0.2, 0) is 11.5 Å². The molecule has 0 amide bonds. The zero-order valence-corrected chi connectivity index (χ0v) is 12.3. The number of aromatic nitrogens is 3. The molecule has 23 heavy (non-hydrogen) atoms. The first kappa shape index (κ1) is 15.1. The van der Waals surface area contributed by atoms with E-state index in [1.807, 2.05) is 0 Å². The SMILES string of the molecule is O=C(OCn1nnc2ccccc2c1=O)c1cc(Cl)ccc1F. The van der Waals surface area contributed by atoms with E-state index < -0.39 is 24.1 Å². The summed E-state index contributed by atoms with van der Waals surface area (Å²) in [6.07, 6.45) is 0. The number of hydrogen-bond donors (Lipinski definition) is 0. The van der Waals surface area contributed by atoms with Gasteiger partial charge in [-0.1, -0.05) is 28.9 Å². The summed E-state index contributed by atoms with van der Waals surface area (Å²) >= 11 is 5.72. The minimum Gasteiger partial charge on any atom is -0.438 e. The molecule has 2 aromatic carbocycles. The molecular weight excluding hydrogens is 325 g/mol. The summed E-state index contributed by atoms with van der Waals surface area (Å²) in [6, 6.07) is 10.1. The second-order valence-corrected chi connectivity index (χ2v) is 5.03. The summed E-state index contributed by atoms with van der Waals surface area (Å²) in [5, 5.41) is 8.06. The highest BCUT2D eigenvalue weighted by molar-refractivity contribution is 6.30. The number of rotatable bonds is 3. The van der Waals surface area contributed by atoms with Gasteiger partial charge in [0.1, 0.15) is 11.3 Å². The number of hydrogen-bond acceptors (Lipinski definition) is 5. The van der Waals surface area contributed by atoms with Gasteiger partial charge in [-0.2, -0.15) is 4.68 Å². The quantitative estimate of drug-likeness (QED) is 0.688. The zero-order chi connectivity index (χ0) is 16.4. The van der Waals surface area contributed by atoms with E-state index in [1.54, 1.807) is 24.3 Å². The van der Waals surface area contributed by atoms with Crippen molar-refractivity contribution < 1.29 is 13.9 Å². The van der Waals surface area contributed by atoms with Gasteiger partial charge in [-0.05, 0) is 30.3 Å². The first-order chi connectivity index (χ1) is 11.1. The Kier molecular flexibility index (Phi) is 4.03. The molecule has 0 atom stereocenters. The molecule has 0 saturated carbocycles. The Bertz CT molecular complexity index is 958. The minimum absolute atomic E-state index is 0.195. The Morgan fingerprint density at radius 1 is 1.26 bits per heavy atom. The molecule has 0 bridgehead atoms. The van der Waals surface area contributed by atoms with Gasteiger partial charge in [0.15, 0.2) is 6.73 Å². The van der Waals surface area contributed by atoms with Gasteiger partial charge in [-0.15, -0.1) is 5.10 Å². The lowest BCUT2D eigenvalue weighted by molar-refractivity contribution is 0.0331. The van der Waals surface area contributed by atoms with Crippen molar-refractivity contribution in [3.05, 3.63) is 69.2 Å². The van der Waals surface area contributed by atoms with Crippen LogP contribution in [0.1, 0.15) is 10.4 Å². The molecule has 1 aromatic heterocycles. The third kappa shape index (κ3) is 3.04. The molecule has 0 unspecified atom stereocenters. The van der Waals surface area contributed by atoms with Gasteiger partial charge in [-0.25, -0.2) is 9.18 Å². The molecule has 0 N–H and O–H groups in total. The maximum absolute atomic E-state index is 13.6. The molecule has 0 spiro atoms. The van der Waals surface area contributed by atoms with Crippen LogP contribution >= 0.6 is 11.6 Å². The summed E-state index contributed by atoms with van der Waals surface area (Å²) in [7, 11) is 0. The smallest absolute Gasteiger partial charge is 0.342 e. The van der Waals surface area contributed by atoms with Crippen LogP contribution in [0.4, 0.5) is 4.39 Å². The van der Waals surface area contributed by atoms with Crippen molar-refractivity contribution in [1.82, 2.24) is 15.0 Å². The predicted molar refractivity (Wildman–Crippen MR) is 80.6 cm³/mol. The topological polar surface area (TPSA) is 74.1 Å². The third-order valence-corrected chi connectivity index (χ3v) is 3.33. The first-order valence-corrected chi connectivity index (χ1v) is 6.89. The molecule has 0 radical (unpaired) electrons. The number of benzene rings is 2. The van der Waals surface area contributed by atoms with Crippen molar-refractivity contribution >= 4 is 28.5 Å². The van der Waals surface area contributed by atoms with Gasteiger partial charge in [0, 0.05) is 5.02 Å². The Labute approximate surface area is 134 Å². The molecule has 0 aliphatic rings. The lowest BCUT2D eigenvalue weighted by atomic mass is 10.2. The monoisotopic (exact) mass is 333 g/mol. The van der Waals surface area contributed by atoms with Crippen molar-refractivity contribution in [2.24, 2.45) is 0 Å². The van der Waals surface area contributed by atoms with E-state index in [0.717, 1.165) is 16.8 Å². The number of esters is 1. The van der Waals surface area contributed by atoms with Crippen molar-refractivity contribution in [3.63, 3.8) is 0 Å². The molecule has 0 saturated heterocycles. The lowest BCUT2D eigenvalue weighted by Gasteiger charge is -2.07. The highest BCUT2D eigenvalue weighted by atomic mass is 35.5. The van der Waals surface area contributed by atoms with E-state index in [9.17, 15) is 14.0 Å². The number of halogens is 2. The van der Waals surface area contributed by atoms with E-state index >= 15 is 0 Å². The van der Waals surface area contributed by atoms with Crippen LogP contribution in [0.15, 0.2) is 47.3 Å². The van der Waals surface area contributed by atoms with Crippen LogP contribution in [0.3, 0.4) is 0 Å². The van der Waals surface area contributed by atoms with Gasteiger partial charge in [-0.3, -0.25) is 4.79 Å². The van der Waals surface area contributed by atoms with Crippen molar-refractivity contribution in [1.29, 1.82) is 0 Å². The summed E-state index contributed by atoms with van der Waals surface area (Å²) < 4.78 is 19.4. The predicted octanol–water partition coefficient (Wildman–Crippen LogP) is 2.40. The fourth-order valence-corrected chi connectivity index (χ4v) is 2.13. The van der Waals surface area contributed by atoms with Gasteiger partial charge in [0.05, 0.1) is 10.9 Å². The number of carbonyl (C=O) groups is 1. The second kappa shape index (κ2) is 6.13. The average molecular weight is 334 g/mol. The van der Waals surface area contributed by atoms with Crippen LogP contribution in [0, 0.1) is 5.82 Å². The molecule has 0 aliphatic carbocycles. The molecule has 1 heterocycles. The largest absolute Gasteiger partial charge is 0.438 e. The fraction of sp³-hybridized carbons (Fsp3) is 0.0667. The Balaban J connectivity index is 1.83. The minimum atomic E-state index is -0.952.